The van der Waals surface area contributed by atoms with Gasteiger partial charge in [0.15, 0.2) is 21.2 Å². The second-order valence-electron chi connectivity index (χ2n) is 7.02. The van der Waals surface area contributed by atoms with Crippen LogP contribution in [0, 0.1) is 17.2 Å². The number of halogens is 1. The van der Waals surface area contributed by atoms with Crippen molar-refractivity contribution in [3.8, 4) is 17.6 Å². The van der Waals surface area contributed by atoms with Crippen molar-refractivity contribution in [1.29, 1.82) is 5.26 Å². The number of carbonyl (C=O) groups excluding carboxylic acids is 2. The lowest BCUT2D eigenvalue weighted by Gasteiger charge is -2.39. The van der Waals surface area contributed by atoms with Gasteiger partial charge in [-0.1, -0.05) is 41.5 Å². The van der Waals surface area contributed by atoms with Crippen LogP contribution in [0.4, 0.5) is 0 Å². The van der Waals surface area contributed by atoms with Gasteiger partial charge < -0.3 is 19.3 Å². The Balaban J connectivity index is 0.000000932. The number of hydrogen-bond acceptors (Lipinski definition) is 6. The van der Waals surface area contributed by atoms with E-state index in [4.69, 9.17) is 9.47 Å². The quantitative estimate of drug-likeness (QED) is 0.632. The van der Waals surface area contributed by atoms with Gasteiger partial charge >= 0.3 is 0 Å². The molecule has 4 heterocycles. The summed E-state index contributed by atoms with van der Waals surface area (Å²) in [6, 6.07) is 5.40. The number of likely N-dealkylation sites (N-methyl/N-ethyl adjacent to an activating group) is 1. The molecular formula is C19H20BrN3O4S. The summed E-state index contributed by atoms with van der Waals surface area (Å²) in [5, 5.41) is 9.77. The van der Waals surface area contributed by atoms with Gasteiger partial charge in [-0.2, -0.15) is 5.26 Å². The molecule has 1 spiro atoms. The third-order valence-corrected chi connectivity index (χ3v) is 8.19. The van der Waals surface area contributed by atoms with Crippen LogP contribution < -0.4 is 9.47 Å². The fraction of sp³-hybridized carbons (Fsp3) is 0.526. The first kappa shape index (κ1) is 19.4. The molecule has 4 aliphatic heterocycles. The van der Waals surface area contributed by atoms with Gasteiger partial charge in [0.25, 0.3) is 11.8 Å². The maximum absolute atomic E-state index is 13.2. The van der Waals surface area contributed by atoms with Crippen LogP contribution in [0.1, 0.15) is 38.8 Å². The molecule has 4 aliphatic rings. The number of amides is 2. The number of thioether (sulfide) groups is 1. The monoisotopic (exact) mass is 465 g/mol. The highest BCUT2D eigenvalue weighted by molar-refractivity contribution is 9.10. The van der Waals surface area contributed by atoms with E-state index in [1.165, 1.54) is 16.7 Å². The van der Waals surface area contributed by atoms with Gasteiger partial charge in [0.05, 0.1) is 18.0 Å². The number of carbonyl (C=O) groups is 2. The number of rotatable bonds is 1. The van der Waals surface area contributed by atoms with E-state index in [2.05, 4.69) is 22.0 Å². The topological polar surface area (TPSA) is 82.9 Å². The van der Waals surface area contributed by atoms with Crippen molar-refractivity contribution in [2.45, 2.75) is 43.0 Å². The van der Waals surface area contributed by atoms with Crippen LogP contribution in [0.2, 0.25) is 0 Å². The summed E-state index contributed by atoms with van der Waals surface area (Å²) in [5.74, 6) is 0.484. The third kappa shape index (κ3) is 2.16. The number of fused-ring (bicyclic) bond motifs is 2. The molecule has 3 saturated heterocycles. The molecule has 2 amide bonds. The summed E-state index contributed by atoms with van der Waals surface area (Å²) in [7, 11) is 1.66. The molecular weight excluding hydrogens is 446 g/mol. The SMILES string of the molecule is CC.CN1C(=O)C23CC(C#N)C(c4cc5c(cc4Br)OCO5)N2C(=O)C1(C)S3. The Morgan fingerprint density at radius 3 is 2.54 bits per heavy atom. The number of piperazine rings is 1. The number of nitriles is 1. The summed E-state index contributed by atoms with van der Waals surface area (Å²) in [6.45, 7) is 5.92. The Bertz CT molecular complexity index is 934. The summed E-state index contributed by atoms with van der Waals surface area (Å²) in [4.78, 5) is 27.5. The minimum atomic E-state index is -0.999. The van der Waals surface area contributed by atoms with Crippen LogP contribution in [0.25, 0.3) is 0 Å². The molecule has 7 nitrogen and oxygen atoms in total. The summed E-state index contributed by atoms with van der Waals surface area (Å²) in [5.41, 5.74) is 0.762. The van der Waals surface area contributed by atoms with Crippen molar-refractivity contribution in [3.63, 3.8) is 0 Å². The number of hydrogen-bond donors (Lipinski definition) is 0. The van der Waals surface area contributed by atoms with Gasteiger partial charge in [0.2, 0.25) is 6.79 Å². The van der Waals surface area contributed by atoms with Crippen molar-refractivity contribution in [2.24, 2.45) is 5.92 Å². The smallest absolute Gasteiger partial charge is 0.260 e. The average Bonchev–Trinajstić information content (AvgIpc) is 3.37. The van der Waals surface area contributed by atoms with Crippen molar-refractivity contribution in [1.82, 2.24) is 9.80 Å². The number of nitrogens with zero attached hydrogens (tertiary/aromatic N) is 3. The highest BCUT2D eigenvalue weighted by Crippen LogP contribution is 2.66. The Morgan fingerprint density at radius 2 is 1.89 bits per heavy atom. The minimum Gasteiger partial charge on any atom is -0.454 e. The van der Waals surface area contributed by atoms with Gasteiger partial charge in [-0.3, -0.25) is 9.59 Å². The molecule has 0 aliphatic carbocycles. The molecule has 0 radical (unpaired) electrons. The largest absolute Gasteiger partial charge is 0.454 e. The summed E-state index contributed by atoms with van der Waals surface area (Å²) < 4.78 is 11.6. The predicted molar refractivity (Wildman–Crippen MR) is 106 cm³/mol. The molecule has 4 atom stereocenters. The zero-order chi connectivity index (χ0) is 20.4. The van der Waals surface area contributed by atoms with Crippen LogP contribution in [-0.4, -0.2) is 45.2 Å². The van der Waals surface area contributed by atoms with Crippen molar-refractivity contribution in [2.75, 3.05) is 13.8 Å². The minimum absolute atomic E-state index is 0.107. The molecule has 1 aromatic rings. The second kappa shape index (κ2) is 6.29. The Hall–Kier alpha value is -1.92. The standard InChI is InChI=1S/C17H14BrN3O4S.C2H6/c1-16-14(22)21-13(9-3-11-12(4-10(9)18)25-7-24-11)8(6-19)5-17(21,26-16)15(23)20(16)2;1-2/h3-4,8,13H,5,7H2,1-2H3;1-2H3. The van der Waals surface area contributed by atoms with Gasteiger partial charge in [-0.05, 0) is 24.6 Å². The van der Waals surface area contributed by atoms with Crippen LogP contribution in [-0.2, 0) is 9.59 Å². The van der Waals surface area contributed by atoms with Crippen LogP contribution in [0.15, 0.2) is 16.6 Å². The lowest BCUT2D eigenvalue weighted by molar-refractivity contribution is -0.159. The fourth-order valence-electron chi connectivity index (χ4n) is 4.42. The van der Waals surface area contributed by atoms with E-state index in [0.717, 1.165) is 10.0 Å². The third-order valence-electron chi connectivity index (χ3n) is 5.78. The fourth-order valence-corrected chi connectivity index (χ4v) is 6.83. The Labute approximate surface area is 176 Å². The van der Waals surface area contributed by atoms with Crippen LogP contribution >= 0.6 is 27.7 Å². The van der Waals surface area contributed by atoms with E-state index in [9.17, 15) is 14.9 Å². The van der Waals surface area contributed by atoms with Gasteiger partial charge in [0, 0.05) is 17.9 Å². The van der Waals surface area contributed by atoms with E-state index < -0.39 is 21.7 Å². The Morgan fingerprint density at radius 1 is 1.25 bits per heavy atom. The van der Waals surface area contributed by atoms with Crippen molar-refractivity contribution >= 4 is 39.5 Å². The molecule has 2 bridgehead atoms. The highest BCUT2D eigenvalue weighted by atomic mass is 79.9. The van der Waals surface area contributed by atoms with Crippen LogP contribution in [0.3, 0.4) is 0 Å². The highest BCUT2D eigenvalue weighted by Gasteiger charge is 2.76. The molecule has 1 aromatic carbocycles. The van der Waals surface area contributed by atoms with Gasteiger partial charge in [-0.15, -0.1) is 0 Å². The summed E-state index contributed by atoms with van der Waals surface area (Å²) in [6.07, 6.45) is 0.324. The normalized spacial score (nSPS) is 34.3. The van der Waals surface area contributed by atoms with E-state index in [1.807, 2.05) is 13.8 Å². The lowest BCUT2D eigenvalue weighted by atomic mass is 9.94. The summed E-state index contributed by atoms with van der Waals surface area (Å²) >= 11 is 4.90. The maximum Gasteiger partial charge on any atom is 0.260 e. The van der Waals surface area contributed by atoms with Gasteiger partial charge in [-0.25, -0.2) is 0 Å². The van der Waals surface area contributed by atoms with E-state index in [1.54, 1.807) is 31.0 Å². The first-order valence-electron chi connectivity index (χ1n) is 9.14. The molecule has 3 fully saturated rings. The molecule has 4 unspecified atom stereocenters. The second-order valence-corrected chi connectivity index (χ2v) is 9.55. The first-order valence-corrected chi connectivity index (χ1v) is 10.8. The molecule has 148 valence electrons. The maximum atomic E-state index is 13.2. The van der Waals surface area contributed by atoms with E-state index in [0.29, 0.717) is 17.9 Å². The lowest BCUT2D eigenvalue weighted by Crippen LogP contribution is -2.60. The first-order chi connectivity index (χ1) is 13.3. The molecule has 9 heteroatoms. The molecule has 5 rings (SSSR count). The number of benzene rings is 1. The van der Waals surface area contributed by atoms with Crippen molar-refractivity contribution < 1.29 is 19.1 Å². The van der Waals surface area contributed by atoms with E-state index in [-0.39, 0.29) is 18.6 Å². The number of ether oxygens (including phenoxy) is 2. The molecule has 0 aromatic heterocycles. The average molecular weight is 466 g/mol. The molecule has 0 N–H and O–H groups in total. The van der Waals surface area contributed by atoms with E-state index >= 15 is 0 Å². The van der Waals surface area contributed by atoms with Gasteiger partial charge in [0.1, 0.15) is 0 Å². The predicted octanol–water partition coefficient (Wildman–Crippen LogP) is 3.25. The zero-order valence-electron chi connectivity index (χ0n) is 16.0. The molecule has 0 saturated carbocycles. The Kier molecular flexibility index (Phi) is 4.36. The zero-order valence-corrected chi connectivity index (χ0v) is 18.4. The van der Waals surface area contributed by atoms with Crippen LogP contribution in [0.5, 0.6) is 11.5 Å². The molecule has 28 heavy (non-hydrogen) atoms. The van der Waals surface area contributed by atoms with Crippen molar-refractivity contribution in [3.05, 3.63) is 22.2 Å².